The van der Waals surface area contributed by atoms with Crippen LogP contribution < -0.4 is 10.6 Å². The van der Waals surface area contributed by atoms with Gasteiger partial charge in [-0.3, -0.25) is 14.4 Å². The summed E-state index contributed by atoms with van der Waals surface area (Å²) in [6.07, 6.45) is 1.36. The number of hydrogen-bond donors (Lipinski definition) is 3. The number of nitrogens with zero attached hydrogens (tertiary/aromatic N) is 2. The Morgan fingerprint density at radius 2 is 1.82 bits per heavy atom. The van der Waals surface area contributed by atoms with Gasteiger partial charge in [0.25, 0.3) is 5.91 Å². The van der Waals surface area contributed by atoms with Crippen LogP contribution in [0.1, 0.15) is 55.7 Å². The highest BCUT2D eigenvalue weighted by atomic mass is 16.5. The Morgan fingerprint density at radius 3 is 2.39 bits per heavy atom. The number of aryl methyl sites for hydroxylation is 1. The van der Waals surface area contributed by atoms with E-state index in [4.69, 9.17) is 9.63 Å². The van der Waals surface area contributed by atoms with Gasteiger partial charge in [0.05, 0.1) is 0 Å². The van der Waals surface area contributed by atoms with Gasteiger partial charge >= 0.3 is 5.97 Å². The van der Waals surface area contributed by atoms with Crippen molar-refractivity contribution < 1.29 is 24.0 Å². The number of benzene rings is 1. The van der Waals surface area contributed by atoms with Crippen LogP contribution in [0.5, 0.6) is 0 Å². The third kappa shape index (κ3) is 6.49. The van der Waals surface area contributed by atoms with E-state index in [0.717, 1.165) is 0 Å². The van der Waals surface area contributed by atoms with Crippen molar-refractivity contribution in [2.24, 2.45) is 0 Å². The van der Waals surface area contributed by atoms with Crippen LogP contribution in [0, 0.1) is 0 Å². The zero-order valence-electron chi connectivity index (χ0n) is 16.1. The Balaban J connectivity index is 1.77. The van der Waals surface area contributed by atoms with Crippen LogP contribution >= 0.6 is 0 Å². The van der Waals surface area contributed by atoms with E-state index in [0.29, 0.717) is 35.8 Å². The van der Waals surface area contributed by atoms with E-state index in [-0.39, 0.29) is 17.7 Å². The van der Waals surface area contributed by atoms with Gasteiger partial charge < -0.3 is 20.3 Å². The summed E-state index contributed by atoms with van der Waals surface area (Å²) in [5.41, 5.74) is 0.674. The Bertz CT molecular complexity index is 837. The van der Waals surface area contributed by atoms with Crippen molar-refractivity contribution in [3.63, 3.8) is 0 Å². The Hall–Kier alpha value is -3.23. The lowest BCUT2D eigenvalue weighted by Gasteiger charge is -2.10. The lowest BCUT2D eigenvalue weighted by molar-refractivity contribution is -0.135. The first-order chi connectivity index (χ1) is 13.1. The second kappa shape index (κ2) is 9.12. The fraction of sp³-hybridized carbons (Fsp3) is 0.421. The average molecular weight is 388 g/mol. The summed E-state index contributed by atoms with van der Waals surface area (Å²) < 4.78 is 5.19. The molecule has 1 aromatic heterocycles. The van der Waals surface area contributed by atoms with E-state index < -0.39 is 18.4 Å². The van der Waals surface area contributed by atoms with Gasteiger partial charge in [-0.25, -0.2) is 0 Å². The predicted molar refractivity (Wildman–Crippen MR) is 101 cm³/mol. The molecule has 150 valence electrons. The van der Waals surface area contributed by atoms with E-state index >= 15 is 0 Å². The topological polar surface area (TPSA) is 134 Å². The molecule has 3 N–H and O–H groups in total. The number of nitrogens with one attached hydrogen (secondary N) is 2. The van der Waals surface area contributed by atoms with Crippen molar-refractivity contribution in [2.45, 2.75) is 45.4 Å². The number of carbonyl (C=O) groups is 3. The SMILES string of the molecule is CC(C)(C)c1noc(CCCC(=O)Nc2ccc(C(=O)NCC(=O)O)cc2)n1. The molecule has 0 atom stereocenters. The minimum Gasteiger partial charge on any atom is -0.480 e. The molecule has 0 aliphatic heterocycles. The third-order valence-electron chi connectivity index (χ3n) is 3.76. The van der Waals surface area contributed by atoms with Crippen molar-refractivity contribution in [3.8, 4) is 0 Å². The zero-order valence-corrected chi connectivity index (χ0v) is 16.1. The number of carbonyl (C=O) groups excluding carboxylic acids is 2. The Morgan fingerprint density at radius 1 is 1.14 bits per heavy atom. The zero-order chi connectivity index (χ0) is 20.7. The standard InChI is InChI=1S/C19H24N4O5/c1-19(2,3)18-22-15(28-23-18)6-4-5-14(24)21-13-9-7-12(8-10-13)17(27)20-11-16(25)26/h7-10H,4-6,11H2,1-3H3,(H,20,27)(H,21,24)(H,25,26). The molecule has 0 aliphatic carbocycles. The third-order valence-corrected chi connectivity index (χ3v) is 3.76. The van der Waals surface area contributed by atoms with Gasteiger partial charge in [-0.15, -0.1) is 0 Å². The van der Waals surface area contributed by atoms with Crippen LogP contribution in [0.2, 0.25) is 0 Å². The highest BCUT2D eigenvalue weighted by Crippen LogP contribution is 2.19. The number of carboxylic acids is 1. The highest BCUT2D eigenvalue weighted by molar-refractivity contribution is 5.97. The molecule has 9 nitrogen and oxygen atoms in total. The van der Waals surface area contributed by atoms with Crippen molar-refractivity contribution >= 4 is 23.5 Å². The minimum atomic E-state index is -1.12. The van der Waals surface area contributed by atoms with Crippen molar-refractivity contribution in [1.29, 1.82) is 0 Å². The summed E-state index contributed by atoms with van der Waals surface area (Å²) in [7, 11) is 0. The summed E-state index contributed by atoms with van der Waals surface area (Å²) >= 11 is 0. The summed E-state index contributed by atoms with van der Waals surface area (Å²) in [5.74, 6) is -0.630. The summed E-state index contributed by atoms with van der Waals surface area (Å²) in [5, 5.41) is 17.5. The van der Waals surface area contributed by atoms with Gasteiger partial charge in [0.1, 0.15) is 6.54 Å². The highest BCUT2D eigenvalue weighted by Gasteiger charge is 2.20. The van der Waals surface area contributed by atoms with E-state index in [1.165, 1.54) is 12.1 Å². The maximum Gasteiger partial charge on any atom is 0.322 e. The Labute approximate surface area is 162 Å². The molecule has 2 aromatic rings. The van der Waals surface area contributed by atoms with Gasteiger partial charge in [0, 0.05) is 29.5 Å². The first-order valence-corrected chi connectivity index (χ1v) is 8.88. The molecule has 0 radical (unpaired) electrons. The van der Waals surface area contributed by atoms with Gasteiger partial charge in [0.15, 0.2) is 5.82 Å². The number of aliphatic carboxylic acids is 1. The second-order valence-electron chi connectivity index (χ2n) is 7.32. The largest absolute Gasteiger partial charge is 0.480 e. The molecule has 0 saturated carbocycles. The smallest absolute Gasteiger partial charge is 0.322 e. The van der Waals surface area contributed by atoms with Gasteiger partial charge in [-0.2, -0.15) is 4.98 Å². The average Bonchev–Trinajstić information content (AvgIpc) is 3.09. The van der Waals surface area contributed by atoms with Crippen molar-refractivity contribution in [1.82, 2.24) is 15.5 Å². The molecule has 0 saturated heterocycles. The quantitative estimate of drug-likeness (QED) is 0.630. The molecule has 0 unspecified atom stereocenters. The van der Waals surface area contributed by atoms with Crippen molar-refractivity contribution in [3.05, 3.63) is 41.5 Å². The van der Waals surface area contributed by atoms with E-state index in [9.17, 15) is 14.4 Å². The summed E-state index contributed by atoms with van der Waals surface area (Å²) in [6, 6.07) is 6.20. The number of anilines is 1. The first-order valence-electron chi connectivity index (χ1n) is 8.88. The van der Waals surface area contributed by atoms with E-state index in [1.54, 1.807) is 12.1 Å². The van der Waals surface area contributed by atoms with E-state index in [2.05, 4.69) is 20.8 Å². The van der Waals surface area contributed by atoms with Gasteiger partial charge in [-0.05, 0) is 30.7 Å². The lowest BCUT2D eigenvalue weighted by Crippen LogP contribution is -2.29. The lowest BCUT2D eigenvalue weighted by atomic mass is 9.96. The molecular formula is C19H24N4O5. The van der Waals surface area contributed by atoms with Crippen LogP contribution in [0.15, 0.2) is 28.8 Å². The number of amides is 2. The Kier molecular flexibility index (Phi) is 6.86. The number of aromatic nitrogens is 2. The maximum absolute atomic E-state index is 12.0. The van der Waals surface area contributed by atoms with Crippen LogP contribution in [0.3, 0.4) is 0 Å². The van der Waals surface area contributed by atoms with Crippen LogP contribution in [0.25, 0.3) is 0 Å². The molecule has 0 aliphatic rings. The molecule has 2 rings (SSSR count). The molecule has 1 aromatic carbocycles. The minimum absolute atomic E-state index is 0.168. The molecular weight excluding hydrogens is 364 g/mol. The molecule has 0 spiro atoms. The summed E-state index contributed by atoms with van der Waals surface area (Å²) in [6.45, 7) is 5.54. The molecule has 1 heterocycles. The molecule has 2 amide bonds. The first kappa shape index (κ1) is 21.1. The molecule has 0 fully saturated rings. The van der Waals surface area contributed by atoms with E-state index in [1.807, 2.05) is 20.8 Å². The van der Waals surface area contributed by atoms with Gasteiger partial charge in [0.2, 0.25) is 11.8 Å². The van der Waals surface area contributed by atoms with Gasteiger partial charge in [-0.1, -0.05) is 25.9 Å². The number of hydrogen-bond acceptors (Lipinski definition) is 6. The predicted octanol–water partition coefficient (Wildman–Crippen LogP) is 2.14. The van der Waals surface area contributed by atoms with Crippen LogP contribution in [0.4, 0.5) is 5.69 Å². The molecule has 0 bridgehead atoms. The summed E-state index contributed by atoms with van der Waals surface area (Å²) in [4.78, 5) is 38.6. The molecule has 9 heteroatoms. The number of rotatable bonds is 8. The second-order valence-corrected chi connectivity index (χ2v) is 7.32. The fourth-order valence-electron chi connectivity index (χ4n) is 2.25. The fourth-order valence-corrected chi connectivity index (χ4v) is 2.25. The van der Waals surface area contributed by atoms with Crippen LogP contribution in [-0.4, -0.2) is 39.6 Å². The monoisotopic (exact) mass is 388 g/mol. The van der Waals surface area contributed by atoms with Crippen molar-refractivity contribution in [2.75, 3.05) is 11.9 Å². The van der Waals surface area contributed by atoms with Crippen LogP contribution in [-0.2, 0) is 21.4 Å². The molecule has 28 heavy (non-hydrogen) atoms. The normalized spacial score (nSPS) is 11.1. The maximum atomic E-state index is 12.0. The number of carboxylic acid groups (broad SMARTS) is 1.